The Morgan fingerprint density at radius 3 is 2.82 bits per heavy atom. The second-order valence-corrected chi connectivity index (χ2v) is 4.80. The number of aliphatic hydroxyl groups excluding tert-OH is 1. The number of carbonyl (C=O) groups is 1. The number of hydrogen-bond donors (Lipinski definition) is 2. The molecule has 0 bridgehead atoms. The lowest BCUT2D eigenvalue weighted by Gasteiger charge is -2.34. The summed E-state index contributed by atoms with van der Waals surface area (Å²) in [5.74, 6) is 0.129. The maximum Gasteiger partial charge on any atom is 0.170 e. The zero-order valence-electron chi connectivity index (χ0n) is 9.39. The number of rotatable bonds is 0. The summed E-state index contributed by atoms with van der Waals surface area (Å²) in [6.07, 6.45) is 3.95. The molecule has 0 radical (unpaired) electrons. The van der Waals surface area contributed by atoms with Crippen LogP contribution in [0.25, 0.3) is 0 Å². The Balaban J connectivity index is 2.12. The maximum atomic E-state index is 12.3. The van der Waals surface area contributed by atoms with Crippen molar-refractivity contribution in [3.8, 4) is 5.75 Å². The second kappa shape index (κ2) is 3.62. The van der Waals surface area contributed by atoms with Gasteiger partial charge in [-0.1, -0.05) is 12.1 Å². The normalized spacial score (nSPS) is 27.1. The van der Waals surface area contributed by atoms with Crippen molar-refractivity contribution in [3.05, 3.63) is 41.2 Å². The molecule has 1 unspecified atom stereocenters. The van der Waals surface area contributed by atoms with Crippen LogP contribution in [-0.4, -0.2) is 16.0 Å². The molecule has 17 heavy (non-hydrogen) atoms. The molecule has 2 atom stereocenters. The minimum absolute atomic E-state index is 0.0194. The van der Waals surface area contributed by atoms with E-state index in [1.807, 2.05) is 12.1 Å². The van der Waals surface area contributed by atoms with Gasteiger partial charge < -0.3 is 10.2 Å². The number of phenols is 1. The second-order valence-electron chi connectivity index (χ2n) is 4.80. The van der Waals surface area contributed by atoms with Crippen LogP contribution in [0.5, 0.6) is 5.75 Å². The zero-order chi connectivity index (χ0) is 12.0. The highest BCUT2D eigenvalue weighted by Gasteiger charge is 2.39. The first-order chi connectivity index (χ1) is 8.18. The quantitative estimate of drug-likeness (QED) is 0.720. The van der Waals surface area contributed by atoms with Gasteiger partial charge in [-0.25, -0.2) is 0 Å². The molecule has 1 aromatic carbocycles. The average molecular weight is 230 g/mol. The summed E-state index contributed by atoms with van der Waals surface area (Å²) in [5.41, 5.74) is 1.31. The van der Waals surface area contributed by atoms with Gasteiger partial charge in [0.25, 0.3) is 0 Å². The molecule has 0 aromatic heterocycles. The van der Waals surface area contributed by atoms with Crippen LogP contribution in [0.2, 0.25) is 0 Å². The van der Waals surface area contributed by atoms with E-state index in [1.54, 1.807) is 12.1 Å². The Hall–Kier alpha value is -1.77. The first-order valence-corrected chi connectivity index (χ1v) is 5.92. The number of fused-ring (bicyclic) bond motifs is 2. The standard InChI is InChI=1S/C14H14O3/c15-11-5-2-4-9-10(11)7-8-3-1-6-12(16)13(8)14(9)17/h1,3,5-6,9-10,15-16H,2,4,7H2/t9?,10-/m1/s1. The van der Waals surface area contributed by atoms with E-state index in [0.29, 0.717) is 17.7 Å². The molecule has 0 saturated heterocycles. The molecule has 0 amide bonds. The van der Waals surface area contributed by atoms with Gasteiger partial charge in [-0.15, -0.1) is 0 Å². The van der Waals surface area contributed by atoms with Crippen molar-refractivity contribution in [2.45, 2.75) is 19.3 Å². The Bertz CT molecular complexity index is 516. The smallest absolute Gasteiger partial charge is 0.170 e. The first kappa shape index (κ1) is 10.4. The minimum atomic E-state index is -0.166. The molecule has 0 fully saturated rings. The molecule has 0 heterocycles. The number of aromatic hydroxyl groups is 1. The molecule has 2 aliphatic rings. The topological polar surface area (TPSA) is 57.5 Å². The Morgan fingerprint density at radius 2 is 2.00 bits per heavy atom. The van der Waals surface area contributed by atoms with Gasteiger partial charge in [-0.3, -0.25) is 4.79 Å². The summed E-state index contributed by atoms with van der Waals surface area (Å²) >= 11 is 0. The lowest BCUT2D eigenvalue weighted by Crippen LogP contribution is -2.34. The first-order valence-electron chi connectivity index (χ1n) is 5.92. The summed E-state index contributed by atoms with van der Waals surface area (Å²) in [5, 5.41) is 19.6. The van der Waals surface area contributed by atoms with Gasteiger partial charge in [0.15, 0.2) is 5.78 Å². The molecule has 3 nitrogen and oxygen atoms in total. The third-order valence-corrected chi connectivity index (χ3v) is 3.85. The van der Waals surface area contributed by atoms with E-state index in [1.165, 1.54) is 0 Å². The number of carbonyl (C=O) groups excluding carboxylic acids is 1. The van der Waals surface area contributed by atoms with Gasteiger partial charge in [0, 0.05) is 11.8 Å². The van der Waals surface area contributed by atoms with Crippen molar-refractivity contribution in [1.82, 2.24) is 0 Å². The van der Waals surface area contributed by atoms with E-state index in [4.69, 9.17) is 0 Å². The van der Waals surface area contributed by atoms with E-state index in [9.17, 15) is 15.0 Å². The largest absolute Gasteiger partial charge is 0.512 e. The van der Waals surface area contributed by atoms with Gasteiger partial charge in [0.1, 0.15) is 5.75 Å². The van der Waals surface area contributed by atoms with Gasteiger partial charge in [-0.05, 0) is 37.0 Å². The number of aliphatic hydroxyl groups is 1. The lowest BCUT2D eigenvalue weighted by molar-refractivity contribution is 0.0817. The Morgan fingerprint density at radius 1 is 1.18 bits per heavy atom. The van der Waals surface area contributed by atoms with Crippen LogP contribution in [0.4, 0.5) is 0 Å². The number of Topliss-reactive ketones (excluding diaryl/α,β-unsaturated/α-hetero) is 1. The van der Waals surface area contributed by atoms with E-state index < -0.39 is 0 Å². The zero-order valence-corrected chi connectivity index (χ0v) is 9.39. The molecule has 3 rings (SSSR count). The highest BCUT2D eigenvalue weighted by atomic mass is 16.3. The van der Waals surface area contributed by atoms with E-state index in [0.717, 1.165) is 18.4 Å². The molecular formula is C14H14O3. The predicted molar refractivity (Wildman–Crippen MR) is 63.1 cm³/mol. The van der Waals surface area contributed by atoms with Crippen LogP contribution in [0.3, 0.4) is 0 Å². The summed E-state index contributed by atoms with van der Waals surface area (Å²) < 4.78 is 0. The summed E-state index contributed by atoms with van der Waals surface area (Å²) in [6.45, 7) is 0. The van der Waals surface area contributed by atoms with E-state index >= 15 is 0 Å². The van der Waals surface area contributed by atoms with Gasteiger partial charge >= 0.3 is 0 Å². The summed E-state index contributed by atoms with van der Waals surface area (Å²) in [7, 11) is 0. The van der Waals surface area contributed by atoms with Crippen molar-refractivity contribution in [3.63, 3.8) is 0 Å². The highest BCUT2D eigenvalue weighted by molar-refractivity contribution is 6.03. The van der Waals surface area contributed by atoms with E-state index in [2.05, 4.69) is 0 Å². The van der Waals surface area contributed by atoms with Crippen LogP contribution in [-0.2, 0) is 6.42 Å². The molecule has 3 heteroatoms. The molecule has 2 aliphatic carbocycles. The highest BCUT2D eigenvalue weighted by Crippen LogP contribution is 2.41. The van der Waals surface area contributed by atoms with Crippen LogP contribution in [0.1, 0.15) is 28.8 Å². The van der Waals surface area contributed by atoms with Crippen molar-refractivity contribution < 1.29 is 15.0 Å². The molecule has 2 N–H and O–H groups in total. The molecular weight excluding hydrogens is 216 g/mol. The fourth-order valence-electron chi connectivity index (χ4n) is 2.99. The number of allylic oxidation sites excluding steroid dienone is 2. The Labute approximate surface area is 99.4 Å². The SMILES string of the molecule is O=C1c2c(O)cccc2C[C@H]2C(O)=CCCC12. The fourth-order valence-corrected chi connectivity index (χ4v) is 2.99. The number of benzene rings is 1. The van der Waals surface area contributed by atoms with Crippen LogP contribution in [0, 0.1) is 11.8 Å². The summed E-state index contributed by atoms with van der Waals surface area (Å²) in [4.78, 5) is 12.3. The van der Waals surface area contributed by atoms with Crippen LogP contribution >= 0.6 is 0 Å². The van der Waals surface area contributed by atoms with Crippen LogP contribution < -0.4 is 0 Å². The molecule has 1 aromatic rings. The molecule has 88 valence electrons. The average Bonchev–Trinajstić information content (AvgIpc) is 2.31. The lowest BCUT2D eigenvalue weighted by atomic mass is 9.70. The van der Waals surface area contributed by atoms with Crippen molar-refractivity contribution in [2.24, 2.45) is 11.8 Å². The summed E-state index contributed by atoms with van der Waals surface area (Å²) in [6, 6.07) is 5.14. The van der Waals surface area contributed by atoms with Gasteiger partial charge in [0.05, 0.1) is 11.3 Å². The van der Waals surface area contributed by atoms with Gasteiger partial charge in [-0.2, -0.15) is 0 Å². The minimum Gasteiger partial charge on any atom is -0.512 e. The maximum absolute atomic E-state index is 12.3. The third-order valence-electron chi connectivity index (χ3n) is 3.85. The van der Waals surface area contributed by atoms with E-state index in [-0.39, 0.29) is 23.4 Å². The molecule has 0 saturated carbocycles. The number of phenolic OH excluding ortho intramolecular Hbond substituents is 1. The predicted octanol–water partition coefficient (Wildman–Crippen LogP) is 2.60. The number of hydrogen-bond acceptors (Lipinski definition) is 3. The Kier molecular flexibility index (Phi) is 2.21. The molecule has 0 aliphatic heterocycles. The van der Waals surface area contributed by atoms with Crippen molar-refractivity contribution in [2.75, 3.05) is 0 Å². The molecule has 0 spiro atoms. The monoisotopic (exact) mass is 230 g/mol. The van der Waals surface area contributed by atoms with Crippen molar-refractivity contribution >= 4 is 5.78 Å². The van der Waals surface area contributed by atoms with Crippen LogP contribution in [0.15, 0.2) is 30.0 Å². The van der Waals surface area contributed by atoms with Crippen molar-refractivity contribution in [1.29, 1.82) is 0 Å². The third kappa shape index (κ3) is 1.46. The fraction of sp³-hybridized carbons (Fsp3) is 0.357. The number of ketones is 1. The van der Waals surface area contributed by atoms with Gasteiger partial charge in [0.2, 0.25) is 0 Å².